The number of rotatable bonds is 3. The van der Waals surface area contributed by atoms with Crippen LogP contribution in [0.15, 0.2) is 41.3 Å². The van der Waals surface area contributed by atoms with E-state index in [4.69, 9.17) is 17.3 Å². The van der Waals surface area contributed by atoms with Gasteiger partial charge in [0.15, 0.2) is 0 Å². The molecule has 0 bridgehead atoms. The number of nitrogen functional groups attached to an aromatic ring is 1. The monoisotopic (exact) mass is 310 g/mol. The number of halogens is 1. The van der Waals surface area contributed by atoms with Crippen LogP contribution in [0.5, 0.6) is 0 Å². The van der Waals surface area contributed by atoms with Crippen molar-refractivity contribution in [3.8, 4) is 0 Å². The molecule has 0 spiro atoms. The van der Waals surface area contributed by atoms with E-state index in [0.29, 0.717) is 22.0 Å². The summed E-state index contributed by atoms with van der Waals surface area (Å²) < 4.78 is 27.4. The zero-order valence-electron chi connectivity index (χ0n) is 11.1. The van der Waals surface area contributed by atoms with Gasteiger partial charge in [-0.15, -0.1) is 0 Å². The third-order valence-corrected chi connectivity index (χ3v) is 4.77. The van der Waals surface area contributed by atoms with Crippen LogP contribution in [0, 0.1) is 13.8 Å². The summed E-state index contributed by atoms with van der Waals surface area (Å²) >= 11 is 6.04. The number of nitrogens with two attached hydrogens (primary N) is 1. The zero-order chi connectivity index (χ0) is 14.9. The molecule has 6 heteroatoms. The average molecular weight is 311 g/mol. The second-order valence-electron chi connectivity index (χ2n) is 4.56. The highest BCUT2D eigenvalue weighted by Crippen LogP contribution is 2.29. The lowest BCUT2D eigenvalue weighted by Gasteiger charge is -2.14. The maximum absolute atomic E-state index is 12.5. The fraction of sp³-hybridized carbons (Fsp3) is 0.143. The molecule has 0 fully saturated rings. The second kappa shape index (κ2) is 5.34. The summed E-state index contributed by atoms with van der Waals surface area (Å²) in [6.07, 6.45) is 0. The molecule has 4 nitrogen and oxygen atoms in total. The Kier molecular flexibility index (Phi) is 3.92. The topological polar surface area (TPSA) is 72.2 Å². The van der Waals surface area contributed by atoms with Crippen molar-refractivity contribution in [2.75, 3.05) is 10.5 Å². The summed E-state index contributed by atoms with van der Waals surface area (Å²) in [7, 11) is -3.73. The Morgan fingerprint density at radius 3 is 2.45 bits per heavy atom. The minimum atomic E-state index is -3.73. The highest BCUT2D eigenvalue weighted by atomic mass is 35.5. The number of para-hydroxylation sites is 1. The summed E-state index contributed by atoms with van der Waals surface area (Å²) in [6.45, 7) is 3.50. The lowest BCUT2D eigenvalue weighted by atomic mass is 10.2. The van der Waals surface area contributed by atoms with Crippen LogP contribution in [0.3, 0.4) is 0 Å². The van der Waals surface area contributed by atoms with Gasteiger partial charge >= 0.3 is 0 Å². The molecule has 2 rings (SSSR count). The SMILES string of the molecule is Cc1ccc(N)cc1S(=O)(=O)Nc1c(C)cccc1Cl. The lowest BCUT2D eigenvalue weighted by Crippen LogP contribution is -2.15. The second-order valence-corrected chi connectivity index (χ2v) is 6.62. The van der Waals surface area contributed by atoms with Crippen LogP contribution in [0.2, 0.25) is 5.02 Å². The van der Waals surface area contributed by atoms with Gasteiger partial charge in [0.25, 0.3) is 10.0 Å². The molecule has 106 valence electrons. The Labute approximate surface area is 123 Å². The van der Waals surface area contributed by atoms with Gasteiger partial charge in [-0.3, -0.25) is 4.72 Å². The largest absolute Gasteiger partial charge is 0.399 e. The van der Waals surface area contributed by atoms with Crippen LogP contribution in [0.1, 0.15) is 11.1 Å². The van der Waals surface area contributed by atoms with Gasteiger partial charge in [0.05, 0.1) is 15.6 Å². The number of hydrogen-bond acceptors (Lipinski definition) is 3. The van der Waals surface area contributed by atoms with E-state index in [2.05, 4.69) is 4.72 Å². The van der Waals surface area contributed by atoms with Crippen LogP contribution >= 0.6 is 11.6 Å². The summed E-state index contributed by atoms with van der Waals surface area (Å²) in [5.41, 5.74) is 7.81. The first kappa shape index (κ1) is 14.7. The number of anilines is 2. The molecule has 0 atom stereocenters. The van der Waals surface area contributed by atoms with Crippen LogP contribution < -0.4 is 10.5 Å². The molecule has 0 saturated heterocycles. The van der Waals surface area contributed by atoms with Gasteiger partial charge in [0.2, 0.25) is 0 Å². The minimum Gasteiger partial charge on any atom is -0.399 e. The predicted octanol–water partition coefficient (Wildman–Crippen LogP) is 3.34. The fourth-order valence-electron chi connectivity index (χ4n) is 1.86. The molecule has 0 radical (unpaired) electrons. The first-order valence-corrected chi connectivity index (χ1v) is 7.81. The molecule has 0 heterocycles. The Bertz CT molecular complexity index is 738. The zero-order valence-corrected chi connectivity index (χ0v) is 12.7. The minimum absolute atomic E-state index is 0.150. The van der Waals surface area contributed by atoms with E-state index in [9.17, 15) is 8.42 Å². The van der Waals surface area contributed by atoms with Gasteiger partial charge in [0, 0.05) is 5.69 Å². The molecular weight excluding hydrogens is 296 g/mol. The van der Waals surface area contributed by atoms with Crippen molar-refractivity contribution >= 4 is 33.0 Å². The highest BCUT2D eigenvalue weighted by molar-refractivity contribution is 7.92. The Morgan fingerprint density at radius 2 is 1.80 bits per heavy atom. The van der Waals surface area contributed by atoms with Crippen molar-refractivity contribution in [1.82, 2.24) is 0 Å². The Morgan fingerprint density at radius 1 is 1.10 bits per heavy atom. The molecule has 3 N–H and O–H groups in total. The first-order valence-electron chi connectivity index (χ1n) is 5.95. The summed E-state index contributed by atoms with van der Waals surface area (Å²) in [6, 6.07) is 9.96. The van der Waals surface area contributed by atoms with Crippen LogP contribution in [0.25, 0.3) is 0 Å². The van der Waals surface area contributed by atoms with Crippen molar-refractivity contribution in [2.45, 2.75) is 18.7 Å². The smallest absolute Gasteiger partial charge is 0.262 e. The fourth-order valence-corrected chi connectivity index (χ4v) is 3.61. The number of aryl methyl sites for hydroxylation is 2. The van der Waals surface area contributed by atoms with E-state index in [1.807, 2.05) is 0 Å². The van der Waals surface area contributed by atoms with E-state index < -0.39 is 10.0 Å². The molecule has 2 aromatic carbocycles. The van der Waals surface area contributed by atoms with Gasteiger partial charge in [-0.1, -0.05) is 29.8 Å². The predicted molar refractivity (Wildman–Crippen MR) is 82.6 cm³/mol. The molecule has 0 amide bonds. The van der Waals surface area contributed by atoms with Gasteiger partial charge < -0.3 is 5.73 Å². The number of sulfonamides is 1. The van der Waals surface area contributed by atoms with Crippen LogP contribution in [0.4, 0.5) is 11.4 Å². The molecule has 2 aromatic rings. The maximum Gasteiger partial charge on any atom is 0.262 e. The number of benzene rings is 2. The standard InChI is InChI=1S/C14H15ClN2O2S/c1-9-6-7-11(16)8-13(9)20(18,19)17-14-10(2)4-3-5-12(14)15/h3-8,17H,16H2,1-2H3. The number of nitrogens with one attached hydrogen (secondary N) is 1. The van der Waals surface area contributed by atoms with Crippen molar-refractivity contribution in [3.63, 3.8) is 0 Å². The molecule has 0 saturated carbocycles. The maximum atomic E-state index is 12.5. The van der Waals surface area contributed by atoms with E-state index in [1.165, 1.54) is 6.07 Å². The average Bonchev–Trinajstić information content (AvgIpc) is 2.37. The first-order chi connectivity index (χ1) is 9.31. The van der Waals surface area contributed by atoms with E-state index >= 15 is 0 Å². The van der Waals surface area contributed by atoms with E-state index in [1.54, 1.807) is 44.2 Å². The van der Waals surface area contributed by atoms with Crippen LogP contribution in [-0.4, -0.2) is 8.42 Å². The van der Waals surface area contributed by atoms with Crippen LogP contribution in [-0.2, 0) is 10.0 Å². The molecular formula is C14H15ClN2O2S. The van der Waals surface area contributed by atoms with E-state index in [0.717, 1.165) is 5.56 Å². The summed E-state index contributed by atoms with van der Waals surface area (Å²) in [5, 5.41) is 0.357. The van der Waals surface area contributed by atoms with Crippen molar-refractivity contribution in [1.29, 1.82) is 0 Å². The third-order valence-electron chi connectivity index (χ3n) is 2.96. The molecule has 0 unspecified atom stereocenters. The molecule has 0 aliphatic rings. The summed E-state index contributed by atoms with van der Waals surface area (Å²) in [5.74, 6) is 0. The van der Waals surface area contributed by atoms with Gasteiger partial charge in [-0.25, -0.2) is 8.42 Å². The normalized spacial score (nSPS) is 11.3. The third kappa shape index (κ3) is 2.89. The molecule has 20 heavy (non-hydrogen) atoms. The molecule has 0 aliphatic heterocycles. The van der Waals surface area contributed by atoms with Gasteiger partial charge in [0.1, 0.15) is 0 Å². The van der Waals surface area contributed by atoms with Crippen molar-refractivity contribution < 1.29 is 8.42 Å². The van der Waals surface area contributed by atoms with E-state index in [-0.39, 0.29) is 4.90 Å². The quantitative estimate of drug-likeness (QED) is 0.854. The molecule has 0 aromatic heterocycles. The van der Waals surface area contributed by atoms with Crippen molar-refractivity contribution in [2.24, 2.45) is 0 Å². The molecule has 0 aliphatic carbocycles. The summed E-state index contributed by atoms with van der Waals surface area (Å²) in [4.78, 5) is 0.150. The van der Waals surface area contributed by atoms with Gasteiger partial charge in [-0.05, 0) is 43.2 Å². The van der Waals surface area contributed by atoms with Gasteiger partial charge in [-0.2, -0.15) is 0 Å². The lowest BCUT2D eigenvalue weighted by molar-refractivity contribution is 0.600. The Hall–Kier alpha value is -1.72. The van der Waals surface area contributed by atoms with Crippen molar-refractivity contribution in [3.05, 3.63) is 52.5 Å². The Balaban J connectivity index is 2.49. The highest BCUT2D eigenvalue weighted by Gasteiger charge is 2.19. The number of hydrogen-bond donors (Lipinski definition) is 2.